The first kappa shape index (κ1) is 12.0. The summed E-state index contributed by atoms with van der Waals surface area (Å²) in [5, 5.41) is 9.69. The number of carboxylic acids is 1. The van der Waals surface area contributed by atoms with E-state index in [0.717, 1.165) is 9.37 Å². The molecule has 1 saturated carbocycles. The van der Waals surface area contributed by atoms with Crippen molar-refractivity contribution >= 4 is 33.7 Å². The summed E-state index contributed by atoms with van der Waals surface area (Å²) >= 11 is 5.10. The number of benzene rings is 1. The minimum Gasteiger partial charge on any atom is -0.478 e. The van der Waals surface area contributed by atoms with Crippen LogP contribution in [0, 0.1) is 0 Å². The predicted octanol–water partition coefficient (Wildman–Crippen LogP) is 4.18. The van der Waals surface area contributed by atoms with Crippen molar-refractivity contribution in [3.63, 3.8) is 0 Å². The Morgan fingerprint density at radius 1 is 1.38 bits per heavy atom. The smallest absolute Gasteiger partial charge is 0.336 e. The molecular formula is C12H13BrO2S. The van der Waals surface area contributed by atoms with Gasteiger partial charge >= 0.3 is 5.97 Å². The molecule has 1 fully saturated rings. The van der Waals surface area contributed by atoms with Crippen LogP contribution in [0.4, 0.5) is 0 Å². The second-order valence-electron chi connectivity index (χ2n) is 3.97. The maximum Gasteiger partial charge on any atom is 0.336 e. The molecule has 0 amide bonds. The molecular weight excluding hydrogens is 288 g/mol. The van der Waals surface area contributed by atoms with Crippen molar-refractivity contribution in [3.8, 4) is 0 Å². The highest BCUT2D eigenvalue weighted by Gasteiger charge is 2.19. The van der Waals surface area contributed by atoms with Crippen molar-refractivity contribution in [2.75, 3.05) is 0 Å². The molecule has 16 heavy (non-hydrogen) atoms. The second kappa shape index (κ2) is 5.23. The molecule has 0 radical (unpaired) electrons. The zero-order valence-electron chi connectivity index (χ0n) is 8.78. The lowest BCUT2D eigenvalue weighted by molar-refractivity contribution is 0.0693. The van der Waals surface area contributed by atoms with Gasteiger partial charge in [0, 0.05) is 14.6 Å². The minimum atomic E-state index is -0.840. The summed E-state index contributed by atoms with van der Waals surface area (Å²) in [4.78, 5) is 12.0. The van der Waals surface area contributed by atoms with Gasteiger partial charge < -0.3 is 5.11 Å². The van der Waals surface area contributed by atoms with Crippen molar-refractivity contribution in [1.29, 1.82) is 0 Å². The Labute approximate surface area is 108 Å². The third-order valence-corrected chi connectivity index (χ3v) is 4.66. The molecule has 0 spiro atoms. The van der Waals surface area contributed by atoms with Gasteiger partial charge in [-0.15, -0.1) is 11.8 Å². The van der Waals surface area contributed by atoms with Gasteiger partial charge in [0.25, 0.3) is 0 Å². The van der Waals surface area contributed by atoms with E-state index in [2.05, 4.69) is 15.9 Å². The molecule has 1 aliphatic rings. The van der Waals surface area contributed by atoms with Gasteiger partial charge in [0.15, 0.2) is 0 Å². The number of rotatable bonds is 3. The Hall–Kier alpha value is -0.480. The molecule has 1 aromatic rings. The normalized spacial score (nSPS) is 16.6. The van der Waals surface area contributed by atoms with E-state index in [0.29, 0.717) is 10.8 Å². The fraction of sp³-hybridized carbons (Fsp3) is 0.417. The van der Waals surface area contributed by atoms with Crippen LogP contribution in [0.15, 0.2) is 27.6 Å². The SMILES string of the molecule is O=C(O)c1ccc(Br)cc1SC1CCCC1. The molecule has 2 nitrogen and oxygen atoms in total. The van der Waals surface area contributed by atoms with Crippen molar-refractivity contribution in [2.45, 2.75) is 35.8 Å². The maximum atomic E-state index is 11.1. The Morgan fingerprint density at radius 3 is 2.69 bits per heavy atom. The van der Waals surface area contributed by atoms with Gasteiger partial charge in [0.05, 0.1) is 5.56 Å². The molecule has 0 heterocycles. The van der Waals surface area contributed by atoms with Crippen LogP contribution in [0.2, 0.25) is 0 Å². The van der Waals surface area contributed by atoms with Gasteiger partial charge in [-0.05, 0) is 31.0 Å². The van der Waals surface area contributed by atoms with E-state index in [1.165, 1.54) is 25.7 Å². The van der Waals surface area contributed by atoms with Crippen molar-refractivity contribution < 1.29 is 9.90 Å². The van der Waals surface area contributed by atoms with E-state index in [-0.39, 0.29) is 0 Å². The summed E-state index contributed by atoms with van der Waals surface area (Å²) in [6, 6.07) is 5.36. The molecule has 1 N–H and O–H groups in total. The zero-order valence-corrected chi connectivity index (χ0v) is 11.2. The number of carboxylic acid groups (broad SMARTS) is 1. The largest absolute Gasteiger partial charge is 0.478 e. The van der Waals surface area contributed by atoms with Crippen LogP contribution in [-0.4, -0.2) is 16.3 Å². The molecule has 0 saturated heterocycles. The van der Waals surface area contributed by atoms with Crippen LogP contribution in [0.5, 0.6) is 0 Å². The third-order valence-electron chi connectivity index (χ3n) is 2.77. The first-order valence-electron chi connectivity index (χ1n) is 5.36. The number of hydrogen-bond donors (Lipinski definition) is 1. The first-order chi connectivity index (χ1) is 7.66. The molecule has 4 heteroatoms. The number of hydrogen-bond acceptors (Lipinski definition) is 2. The zero-order chi connectivity index (χ0) is 11.5. The van der Waals surface area contributed by atoms with Gasteiger partial charge in [-0.25, -0.2) is 4.79 Å². The summed E-state index contributed by atoms with van der Waals surface area (Å²) in [5.74, 6) is -0.840. The molecule has 1 aromatic carbocycles. The van der Waals surface area contributed by atoms with E-state index >= 15 is 0 Å². The minimum absolute atomic E-state index is 0.417. The van der Waals surface area contributed by atoms with Crippen LogP contribution in [-0.2, 0) is 0 Å². The molecule has 0 bridgehead atoms. The number of carbonyl (C=O) groups is 1. The molecule has 2 rings (SSSR count). The highest BCUT2D eigenvalue weighted by atomic mass is 79.9. The molecule has 0 atom stereocenters. The summed E-state index contributed by atoms with van der Waals surface area (Å²) in [6.45, 7) is 0. The van der Waals surface area contributed by atoms with Gasteiger partial charge in [-0.1, -0.05) is 28.8 Å². The molecule has 0 aliphatic heterocycles. The van der Waals surface area contributed by atoms with E-state index in [1.54, 1.807) is 23.9 Å². The Morgan fingerprint density at radius 2 is 2.06 bits per heavy atom. The van der Waals surface area contributed by atoms with E-state index in [4.69, 9.17) is 5.11 Å². The number of thioether (sulfide) groups is 1. The summed E-state index contributed by atoms with van der Waals surface area (Å²) in [6.07, 6.45) is 4.95. The summed E-state index contributed by atoms with van der Waals surface area (Å²) < 4.78 is 0.943. The van der Waals surface area contributed by atoms with E-state index < -0.39 is 5.97 Å². The van der Waals surface area contributed by atoms with E-state index in [9.17, 15) is 4.79 Å². The van der Waals surface area contributed by atoms with Crippen LogP contribution < -0.4 is 0 Å². The van der Waals surface area contributed by atoms with Crippen molar-refractivity contribution in [3.05, 3.63) is 28.2 Å². The molecule has 1 aliphatic carbocycles. The van der Waals surface area contributed by atoms with Crippen LogP contribution in [0.25, 0.3) is 0 Å². The van der Waals surface area contributed by atoms with Gasteiger partial charge in [-0.2, -0.15) is 0 Å². The molecule has 86 valence electrons. The summed E-state index contributed by atoms with van der Waals surface area (Å²) in [7, 11) is 0. The lowest BCUT2D eigenvalue weighted by atomic mass is 10.2. The maximum absolute atomic E-state index is 11.1. The first-order valence-corrected chi connectivity index (χ1v) is 7.03. The van der Waals surface area contributed by atoms with Crippen LogP contribution in [0.3, 0.4) is 0 Å². The highest BCUT2D eigenvalue weighted by Crippen LogP contribution is 2.37. The lowest BCUT2D eigenvalue weighted by Gasteiger charge is -2.11. The third kappa shape index (κ3) is 2.80. The monoisotopic (exact) mass is 300 g/mol. The molecule has 0 aromatic heterocycles. The average Bonchev–Trinajstić information content (AvgIpc) is 2.70. The van der Waals surface area contributed by atoms with Gasteiger partial charge in [-0.3, -0.25) is 0 Å². The average molecular weight is 301 g/mol. The van der Waals surface area contributed by atoms with Crippen LogP contribution >= 0.6 is 27.7 Å². The fourth-order valence-corrected chi connectivity index (χ4v) is 3.87. The van der Waals surface area contributed by atoms with Crippen molar-refractivity contribution in [1.82, 2.24) is 0 Å². The summed E-state index contributed by atoms with van der Waals surface area (Å²) in [5.41, 5.74) is 0.417. The van der Waals surface area contributed by atoms with Crippen LogP contribution in [0.1, 0.15) is 36.0 Å². The molecule has 0 unspecified atom stereocenters. The lowest BCUT2D eigenvalue weighted by Crippen LogP contribution is -2.01. The number of halogens is 1. The predicted molar refractivity (Wildman–Crippen MR) is 69.2 cm³/mol. The standard InChI is InChI=1S/C12H13BrO2S/c13-8-5-6-10(12(14)15)11(7-8)16-9-3-1-2-4-9/h5-7,9H,1-4H2,(H,14,15). The highest BCUT2D eigenvalue weighted by molar-refractivity contribution is 9.10. The Balaban J connectivity index is 2.22. The van der Waals surface area contributed by atoms with E-state index in [1.807, 2.05) is 6.07 Å². The number of aromatic carboxylic acids is 1. The topological polar surface area (TPSA) is 37.3 Å². The Bertz CT molecular complexity index is 400. The fourth-order valence-electron chi connectivity index (χ4n) is 1.96. The van der Waals surface area contributed by atoms with Gasteiger partial charge in [0.1, 0.15) is 0 Å². The quantitative estimate of drug-likeness (QED) is 0.910. The second-order valence-corrected chi connectivity index (χ2v) is 6.23. The van der Waals surface area contributed by atoms with Gasteiger partial charge in [0.2, 0.25) is 0 Å². The van der Waals surface area contributed by atoms with Crippen molar-refractivity contribution in [2.24, 2.45) is 0 Å². The Kier molecular flexibility index (Phi) is 3.92.